The molecule has 14 heavy (non-hydrogen) atoms. The second-order valence-electron chi connectivity index (χ2n) is 3.36. The number of hydrogen-bond acceptors (Lipinski definition) is 3. The first-order valence-corrected chi connectivity index (χ1v) is 6.38. The van der Waals surface area contributed by atoms with Gasteiger partial charge in [0.25, 0.3) is 0 Å². The molecule has 0 aliphatic rings. The topological polar surface area (TPSA) is 20.2 Å². The highest BCUT2D eigenvalue weighted by Gasteiger charge is 2.11. The summed E-state index contributed by atoms with van der Waals surface area (Å²) in [5.74, 6) is 0. The largest absolute Gasteiger partial charge is 0.388 e. The highest BCUT2D eigenvalue weighted by molar-refractivity contribution is 7.08. The molecule has 0 amide bonds. The predicted molar refractivity (Wildman–Crippen MR) is 62.0 cm³/mol. The van der Waals surface area contributed by atoms with Crippen LogP contribution in [0.2, 0.25) is 0 Å². The van der Waals surface area contributed by atoms with Gasteiger partial charge in [-0.25, -0.2) is 0 Å². The van der Waals surface area contributed by atoms with Crippen LogP contribution in [0, 0.1) is 6.92 Å². The lowest BCUT2D eigenvalue weighted by atomic mass is 10.0. The van der Waals surface area contributed by atoms with E-state index in [0.29, 0.717) is 0 Å². The van der Waals surface area contributed by atoms with Crippen LogP contribution in [0.25, 0.3) is 0 Å². The standard InChI is InChI=1S/C11H12OS2/c1-8-5-14-7-10(8)11(12)4-9-2-3-13-6-9/h2-3,5-7,11-12H,4H2,1H3. The van der Waals surface area contributed by atoms with Crippen LogP contribution >= 0.6 is 22.7 Å². The van der Waals surface area contributed by atoms with E-state index >= 15 is 0 Å². The molecule has 1 nitrogen and oxygen atoms in total. The van der Waals surface area contributed by atoms with Gasteiger partial charge in [0.2, 0.25) is 0 Å². The molecule has 2 rings (SSSR count). The number of aryl methyl sites for hydroxylation is 1. The highest BCUT2D eigenvalue weighted by Crippen LogP contribution is 2.25. The van der Waals surface area contributed by atoms with Gasteiger partial charge in [-0.3, -0.25) is 0 Å². The molecule has 0 bridgehead atoms. The summed E-state index contributed by atoms with van der Waals surface area (Å²) in [5.41, 5.74) is 3.48. The molecular formula is C11H12OS2. The first kappa shape index (κ1) is 9.90. The molecule has 3 heteroatoms. The van der Waals surface area contributed by atoms with Gasteiger partial charge in [-0.05, 0) is 51.2 Å². The molecule has 1 atom stereocenters. The SMILES string of the molecule is Cc1cscc1C(O)Cc1ccsc1. The Bertz CT molecular complexity index is 389. The zero-order chi connectivity index (χ0) is 9.97. The van der Waals surface area contributed by atoms with Crippen molar-refractivity contribution in [2.75, 3.05) is 0 Å². The lowest BCUT2D eigenvalue weighted by molar-refractivity contribution is 0.178. The lowest BCUT2D eigenvalue weighted by Crippen LogP contribution is -2.00. The van der Waals surface area contributed by atoms with Gasteiger partial charge in [0.15, 0.2) is 0 Å². The van der Waals surface area contributed by atoms with Crippen molar-refractivity contribution in [3.63, 3.8) is 0 Å². The van der Waals surface area contributed by atoms with Gasteiger partial charge in [-0.1, -0.05) is 0 Å². The van der Waals surface area contributed by atoms with Crippen molar-refractivity contribution in [2.45, 2.75) is 19.4 Å². The van der Waals surface area contributed by atoms with E-state index in [0.717, 1.165) is 12.0 Å². The van der Waals surface area contributed by atoms with E-state index in [1.807, 2.05) is 17.7 Å². The average Bonchev–Trinajstić information content (AvgIpc) is 2.75. The Morgan fingerprint density at radius 3 is 2.71 bits per heavy atom. The van der Waals surface area contributed by atoms with Gasteiger partial charge in [-0.2, -0.15) is 22.7 Å². The molecule has 0 aliphatic heterocycles. The van der Waals surface area contributed by atoms with Crippen molar-refractivity contribution in [2.24, 2.45) is 0 Å². The Morgan fingerprint density at radius 2 is 2.14 bits per heavy atom. The lowest BCUT2D eigenvalue weighted by Gasteiger charge is -2.08. The van der Waals surface area contributed by atoms with E-state index in [2.05, 4.69) is 16.8 Å². The molecule has 2 aromatic heterocycles. The Kier molecular flexibility index (Phi) is 3.01. The van der Waals surface area contributed by atoms with Crippen LogP contribution in [0.1, 0.15) is 22.8 Å². The third-order valence-corrected chi connectivity index (χ3v) is 3.88. The fraction of sp³-hybridized carbons (Fsp3) is 0.273. The second kappa shape index (κ2) is 4.26. The molecular weight excluding hydrogens is 212 g/mol. The van der Waals surface area contributed by atoms with E-state index in [1.54, 1.807) is 22.7 Å². The normalized spacial score (nSPS) is 13.0. The Balaban J connectivity index is 2.10. The van der Waals surface area contributed by atoms with Crippen molar-refractivity contribution in [1.82, 2.24) is 0 Å². The molecule has 1 N–H and O–H groups in total. The average molecular weight is 224 g/mol. The van der Waals surface area contributed by atoms with Gasteiger partial charge in [-0.15, -0.1) is 0 Å². The maximum atomic E-state index is 9.97. The maximum absolute atomic E-state index is 9.97. The van der Waals surface area contributed by atoms with Crippen LogP contribution in [0.15, 0.2) is 27.6 Å². The second-order valence-corrected chi connectivity index (χ2v) is 4.89. The van der Waals surface area contributed by atoms with Crippen LogP contribution in [-0.4, -0.2) is 5.11 Å². The van der Waals surface area contributed by atoms with E-state index in [1.165, 1.54) is 11.1 Å². The summed E-state index contributed by atoms with van der Waals surface area (Å²) in [5, 5.41) is 18.2. The summed E-state index contributed by atoms with van der Waals surface area (Å²) in [6, 6.07) is 2.07. The zero-order valence-corrected chi connectivity index (χ0v) is 9.57. The van der Waals surface area contributed by atoms with Crippen LogP contribution in [0.5, 0.6) is 0 Å². The summed E-state index contributed by atoms with van der Waals surface area (Å²) >= 11 is 3.32. The minimum absolute atomic E-state index is 0.351. The van der Waals surface area contributed by atoms with Gasteiger partial charge in [0, 0.05) is 6.42 Å². The zero-order valence-electron chi connectivity index (χ0n) is 7.93. The van der Waals surface area contributed by atoms with Gasteiger partial charge < -0.3 is 5.11 Å². The molecule has 1 unspecified atom stereocenters. The fourth-order valence-electron chi connectivity index (χ4n) is 1.45. The predicted octanol–water partition coefficient (Wildman–Crippen LogP) is 3.39. The molecule has 0 saturated heterocycles. The first-order chi connectivity index (χ1) is 6.77. The third-order valence-electron chi connectivity index (χ3n) is 2.26. The van der Waals surface area contributed by atoms with Crippen molar-refractivity contribution in [1.29, 1.82) is 0 Å². The molecule has 0 spiro atoms. The van der Waals surface area contributed by atoms with Gasteiger partial charge >= 0.3 is 0 Å². The number of thiophene rings is 2. The number of hydrogen-bond donors (Lipinski definition) is 1. The monoisotopic (exact) mass is 224 g/mol. The van der Waals surface area contributed by atoms with Crippen molar-refractivity contribution in [3.05, 3.63) is 44.3 Å². The molecule has 2 heterocycles. The van der Waals surface area contributed by atoms with Crippen LogP contribution in [0.4, 0.5) is 0 Å². The summed E-state index contributed by atoms with van der Waals surface area (Å²) in [6.07, 6.45) is 0.372. The van der Waals surface area contributed by atoms with Crippen molar-refractivity contribution in [3.8, 4) is 0 Å². The van der Waals surface area contributed by atoms with Gasteiger partial charge in [0.1, 0.15) is 0 Å². The Labute approximate surface area is 91.7 Å². The molecule has 0 fully saturated rings. The summed E-state index contributed by atoms with van der Waals surface area (Å²) < 4.78 is 0. The molecule has 0 radical (unpaired) electrons. The number of aliphatic hydroxyl groups is 1. The van der Waals surface area contributed by atoms with Crippen LogP contribution in [0.3, 0.4) is 0 Å². The summed E-state index contributed by atoms with van der Waals surface area (Å²) in [7, 11) is 0. The molecule has 2 aromatic rings. The van der Waals surface area contributed by atoms with Gasteiger partial charge in [0.05, 0.1) is 6.10 Å². The minimum Gasteiger partial charge on any atom is -0.388 e. The van der Waals surface area contributed by atoms with Crippen LogP contribution < -0.4 is 0 Å². The summed E-state index contributed by atoms with van der Waals surface area (Å²) in [4.78, 5) is 0. The fourth-order valence-corrected chi connectivity index (χ4v) is 3.03. The Hall–Kier alpha value is -0.640. The summed E-state index contributed by atoms with van der Waals surface area (Å²) in [6.45, 7) is 2.04. The molecule has 0 aromatic carbocycles. The quantitative estimate of drug-likeness (QED) is 0.847. The van der Waals surface area contributed by atoms with Crippen molar-refractivity contribution >= 4 is 22.7 Å². The maximum Gasteiger partial charge on any atom is 0.0841 e. The number of rotatable bonds is 3. The van der Waals surface area contributed by atoms with Crippen molar-refractivity contribution < 1.29 is 5.11 Å². The third kappa shape index (κ3) is 2.05. The van der Waals surface area contributed by atoms with E-state index < -0.39 is 0 Å². The van der Waals surface area contributed by atoms with Crippen LogP contribution in [-0.2, 0) is 6.42 Å². The Morgan fingerprint density at radius 1 is 1.29 bits per heavy atom. The minimum atomic E-state index is -0.351. The molecule has 0 saturated carbocycles. The molecule has 0 aliphatic carbocycles. The number of aliphatic hydroxyl groups excluding tert-OH is 1. The highest BCUT2D eigenvalue weighted by atomic mass is 32.1. The molecule has 74 valence electrons. The first-order valence-electron chi connectivity index (χ1n) is 4.49. The smallest absolute Gasteiger partial charge is 0.0841 e. The van der Waals surface area contributed by atoms with E-state index in [-0.39, 0.29) is 6.10 Å². The van der Waals surface area contributed by atoms with E-state index in [9.17, 15) is 5.11 Å². The van der Waals surface area contributed by atoms with E-state index in [4.69, 9.17) is 0 Å².